The Bertz CT molecular complexity index is 701. The van der Waals surface area contributed by atoms with Crippen molar-refractivity contribution in [2.24, 2.45) is 0 Å². The van der Waals surface area contributed by atoms with E-state index in [4.69, 9.17) is 11.6 Å². The van der Waals surface area contributed by atoms with Gasteiger partial charge < -0.3 is 5.11 Å². The zero-order valence-corrected chi connectivity index (χ0v) is 11.0. The lowest BCUT2D eigenvalue weighted by molar-refractivity contribution is 0.477. The Morgan fingerprint density at radius 1 is 1.11 bits per heavy atom. The maximum atomic E-state index is 12.7. The second kappa shape index (κ2) is 5.07. The van der Waals surface area contributed by atoms with Gasteiger partial charge in [0.1, 0.15) is 11.6 Å². The highest BCUT2D eigenvalue weighted by Crippen LogP contribution is 2.28. The average molecular weight is 302 g/mol. The average Bonchev–Trinajstić information content (AvgIpc) is 2.34. The van der Waals surface area contributed by atoms with Crippen LogP contribution < -0.4 is 4.72 Å². The summed E-state index contributed by atoms with van der Waals surface area (Å²) in [4.78, 5) is -0.117. The number of rotatable bonds is 3. The fraction of sp³-hybridized carbons (Fsp3) is 0. The van der Waals surface area contributed by atoms with Gasteiger partial charge in [-0.15, -0.1) is 0 Å². The van der Waals surface area contributed by atoms with Crippen LogP contribution in [0.15, 0.2) is 47.4 Å². The van der Waals surface area contributed by atoms with Crippen LogP contribution in [0.25, 0.3) is 0 Å². The van der Waals surface area contributed by atoms with Gasteiger partial charge in [-0.3, -0.25) is 4.72 Å². The van der Waals surface area contributed by atoms with Crippen molar-refractivity contribution in [3.05, 3.63) is 53.3 Å². The van der Waals surface area contributed by atoms with Gasteiger partial charge in [0.05, 0.1) is 10.6 Å². The topological polar surface area (TPSA) is 66.4 Å². The molecular weight excluding hydrogens is 293 g/mol. The lowest BCUT2D eigenvalue weighted by Gasteiger charge is -2.09. The van der Waals surface area contributed by atoms with Crippen molar-refractivity contribution in [2.45, 2.75) is 4.90 Å². The SMILES string of the molecule is O=S(=O)(Nc1cc(Cl)ccc1O)c1ccc(F)cc1. The molecule has 0 saturated heterocycles. The first-order valence-electron chi connectivity index (χ1n) is 5.15. The number of hydrogen-bond donors (Lipinski definition) is 2. The molecule has 0 radical (unpaired) electrons. The van der Waals surface area contributed by atoms with Gasteiger partial charge in [-0.2, -0.15) is 0 Å². The van der Waals surface area contributed by atoms with Crippen molar-refractivity contribution >= 4 is 27.3 Å². The first kappa shape index (κ1) is 13.6. The van der Waals surface area contributed by atoms with E-state index in [0.29, 0.717) is 0 Å². The van der Waals surface area contributed by atoms with E-state index in [1.165, 1.54) is 18.2 Å². The zero-order valence-electron chi connectivity index (χ0n) is 9.47. The van der Waals surface area contributed by atoms with Crippen molar-refractivity contribution in [3.8, 4) is 5.75 Å². The van der Waals surface area contributed by atoms with Crippen LogP contribution in [0.5, 0.6) is 5.75 Å². The Morgan fingerprint density at radius 3 is 2.37 bits per heavy atom. The Morgan fingerprint density at radius 2 is 1.74 bits per heavy atom. The molecule has 0 aliphatic heterocycles. The van der Waals surface area contributed by atoms with E-state index in [-0.39, 0.29) is 21.4 Å². The summed E-state index contributed by atoms with van der Waals surface area (Å²) in [6, 6.07) is 8.28. The number of sulfonamides is 1. The molecule has 0 bridgehead atoms. The van der Waals surface area contributed by atoms with Crippen LogP contribution in [0.1, 0.15) is 0 Å². The van der Waals surface area contributed by atoms with Crippen LogP contribution in [-0.4, -0.2) is 13.5 Å². The van der Waals surface area contributed by atoms with Crippen molar-refractivity contribution in [3.63, 3.8) is 0 Å². The minimum atomic E-state index is -3.90. The molecular formula is C12H9ClFNO3S. The second-order valence-corrected chi connectivity index (χ2v) is 5.84. The Labute approximate surface area is 114 Å². The van der Waals surface area contributed by atoms with E-state index in [1.807, 2.05) is 0 Å². The smallest absolute Gasteiger partial charge is 0.262 e. The third-order valence-corrected chi connectivity index (χ3v) is 3.94. The number of nitrogens with one attached hydrogen (secondary N) is 1. The minimum Gasteiger partial charge on any atom is -0.506 e. The van der Waals surface area contributed by atoms with Crippen molar-refractivity contribution in [1.29, 1.82) is 0 Å². The van der Waals surface area contributed by atoms with Crippen molar-refractivity contribution in [2.75, 3.05) is 4.72 Å². The third kappa shape index (κ3) is 3.15. The molecule has 0 amide bonds. The van der Waals surface area contributed by atoms with Gasteiger partial charge in [-0.25, -0.2) is 12.8 Å². The standard InChI is InChI=1S/C12H9ClFNO3S/c13-8-1-6-12(16)11(7-8)15-19(17,18)10-4-2-9(14)3-5-10/h1-7,15-16H. The highest BCUT2D eigenvalue weighted by molar-refractivity contribution is 7.92. The number of aromatic hydroxyl groups is 1. The van der Waals surface area contributed by atoms with Crippen LogP contribution in [-0.2, 0) is 10.0 Å². The molecule has 2 rings (SSSR count). The summed E-state index contributed by atoms with van der Waals surface area (Å²) in [7, 11) is -3.90. The summed E-state index contributed by atoms with van der Waals surface area (Å²) >= 11 is 5.72. The lowest BCUT2D eigenvalue weighted by atomic mass is 10.3. The fourth-order valence-electron chi connectivity index (χ4n) is 1.41. The number of hydrogen-bond acceptors (Lipinski definition) is 3. The molecule has 4 nitrogen and oxygen atoms in total. The number of halogens is 2. The number of anilines is 1. The summed E-state index contributed by atoms with van der Waals surface area (Å²) in [6.45, 7) is 0. The fourth-order valence-corrected chi connectivity index (χ4v) is 2.64. The van der Waals surface area contributed by atoms with E-state index in [9.17, 15) is 17.9 Å². The summed E-state index contributed by atoms with van der Waals surface area (Å²) in [6.07, 6.45) is 0. The van der Waals surface area contributed by atoms with Gasteiger partial charge in [0.25, 0.3) is 10.0 Å². The zero-order chi connectivity index (χ0) is 14.0. The Kier molecular flexibility index (Phi) is 3.64. The summed E-state index contributed by atoms with van der Waals surface area (Å²) in [5, 5.41) is 9.82. The number of phenols is 1. The maximum Gasteiger partial charge on any atom is 0.262 e. The van der Waals surface area contributed by atoms with Crippen LogP contribution in [0.2, 0.25) is 5.02 Å². The molecule has 0 atom stereocenters. The van der Waals surface area contributed by atoms with E-state index < -0.39 is 15.8 Å². The largest absolute Gasteiger partial charge is 0.506 e. The number of phenolic OH excluding ortho intramolecular Hbond substituents is 1. The van der Waals surface area contributed by atoms with Crippen LogP contribution in [0.3, 0.4) is 0 Å². The third-order valence-electron chi connectivity index (χ3n) is 2.33. The van der Waals surface area contributed by atoms with E-state index in [0.717, 1.165) is 24.3 Å². The molecule has 0 fully saturated rings. The quantitative estimate of drug-likeness (QED) is 0.857. The van der Waals surface area contributed by atoms with Crippen LogP contribution >= 0.6 is 11.6 Å². The van der Waals surface area contributed by atoms with Gasteiger partial charge in [0.15, 0.2) is 0 Å². The summed E-state index contributed by atoms with van der Waals surface area (Å²) in [5.74, 6) is -0.792. The van der Waals surface area contributed by atoms with Gasteiger partial charge >= 0.3 is 0 Å². The molecule has 0 aromatic heterocycles. The highest BCUT2D eigenvalue weighted by atomic mass is 35.5. The second-order valence-electron chi connectivity index (χ2n) is 3.72. The summed E-state index contributed by atoms with van der Waals surface area (Å²) in [5.41, 5.74) is -0.0446. The normalized spacial score (nSPS) is 11.3. The first-order valence-corrected chi connectivity index (χ1v) is 7.01. The van der Waals surface area contributed by atoms with Crippen LogP contribution in [0.4, 0.5) is 10.1 Å². The van der Waals surface area contributed by atoms with Gasteiger partial charge in [-0.1, -0.05) is 11.6 Å². The molecule has 0 aliphatic carbocycles. The highest BCUT2D eigenvalue weighted by Gasteiger charge is 2.16. The van der Waals surface area contributed by atoms with Crippen molar-refractivity contribution < 1.29 is 17.9 Å². The molecule has 0 heterocycles. The molecule has 100 valence electrons. The van der Waals surface area contributed by atoms with Gasteiger partial charge in [0, 0.05) is 5.02 Å². The monoisotopic (exact) mass is 301 g/mol. The van der Waals surface area contributed by atoms with E-state index >= 15 is 0 Å². The first-order chi connectivity index (χ1) is 8.88. The molecule has 2 N–H and O–H groups in total. The molecule has 0 unspecified atom stereocenters. The Balaban J connectivity index is 2.36. The van der Waals surface area contributed by atoms with E-state index in [2.05, 4.69) is 4.72 Å². The molecule has 7 heteroatoms. The lowest BCUT2D eigenvalue weighted by Crippen LogP contribution is -2.13. The molecule has 0 aliphatic rings. The molecule has 2 aromatic rings. The summed E-state index contributed by atoms with van der Waals surface area (Å²) < 4.78 is 38.9. The number of benzene rings is 2. The molecule has 0 spiro atoms. The van der Waals surface area contributed by atoms with Crippen molar-refractivity contribution in [1.82, 2.24) is 0 Å². The molecule has 0 saturated carbocycles. The predicted molar refractivity (Wildman–Crippen MR) is 70.3 cm³/mol. The van der Waals surface area contributed by atoms with Gasteiger partial charge in [0.2, 0.25) is 0 Å². The molecule has 19 heavy (non-hydrogen) atoms. The molecule has 2 aromatic carbocycles. The van der Waals surface area contributed by atoms with Gasteiger partial charge in [-0.05, 0) is 42.5 Å². The maximum absolute atomic E-state index is 12.7. The Hall–Kier alpha value is -1.79. The van der Waals surface area contributed by atoms with Crippen LogP contribution in [0, 0.1) is 5.82 Å². The predicted octanol–water partition coefficient (Wildman–Crippen LogP) is 2.99. The van der Waals surface area contributed by atoms with E-state index in [1.54, 1.807) is 0 Å². The minimum absolute atomic E-state index is 0.0446.